The quantitative estimate of drug-likeness (QED) is 0.547. The lowest BCUT2D eigenvalue weighted by Crippen LogP contribution is -2.18. The van der Waals surface area contributed by atoms with Gasteiger partial charge in [0.25, 0.3) is 0 Å². The molecule has 102 valence electrons. The predicted octanol–water partition coefficient (Wildman–Crippen LogP) is 3.96. The van der Waals surface area contributed by atoms with Crippen molar-refractivity contribution >= 4 is 0 Å². The minimum atomic E-state index is 1.01. The van der Waals surface area contributed by atoms with Crippen LogP contribution >= 0.6 is 0 Å². The number of allylic oxidation sites excluding steroid dienone is 2. The Morgan fingerprint density at radius 3 is 2.79 bits per heavy atom. The van der Waals surface area contributed by atoms with Gasteiger partial charge in [-0.2, -0.15) is 0 Å². The van der Waals surface area contributed by atoms with Crippen LogP contribution in [0, 0.1) is 11.8 Å². The van der Waals surface area contributed by atoms with Crippen LogP contribution in [0.4, 0.5) is 0 Å². The molecule has 0 radical (unpaired) electrons. The maximum Gasteiger partial charge on any atom is 0.00896 e. The van der Waals surface area contributed by atoms with Crippen molar-refractivity contribution in [2.75, 3.05) is 13.1 Å². The summed E-state index contributed by atoms with van der Waals surface area (Å²) >= 11 is 0. The van der Waals surface area contributed by atoms with E-state index in [2.05, 4.69) is 60.5 Å². The number of unbranched alkanes of at least 4 members (excludes halogenated alkanes) is 2. The van der Waals surface area contributed by atoms with E-state index in [-0.39, 0.29) is 0 Å². The van der Waals surface area contributed by atoms with Gasteiger partial charge in [-0.15, -0.1) is 0 Å². The number of rotatable bonds is 8. The number of benzene rings is 1. The fraction of sp³-hybridized carbons (Fsp3) is 0.444. The van der Waals surface area contributed by atoms with E-state index in [1.807, 2.05) is 6.08 Å². The average molecular weight is 255 g/mol. The van der Waals surface area contributed by atoms with Gasteiger partial charge in [0.05, 0.1) is 0 Å². The van der Waals surface area contributed by atoms with Crippen molar-refractivity contribution in [2.45, 2.75) is 39.0 Å². The van der Waals surface area contributed by atoms with Gasteiger partial charge in [-0.3, -0.25) is 0 Å². The molecule has 0 heterocycles. The maximum absolute atomic E-state index is 3.48. The van der Waals surface area contributed by atoms with E-state index in [9.17, 15) is 0 Å². The zero-order chi connectivity index (χ0) is 13.6. The molecule has 1 aromatic carbocycles. The Hall–Kier alpha value is -1.52. The summed E-state index contributed by atoms with van der Waals surface area (Å²) in [6, 6.07) is 10.6. The summed E-state index contributed by atoms with van der Waals surface area (Å²) in [7, 11) is 0. The lowest BCUT2D eigenvalue weighted by Gasteiger charge is -2.03. The van der Waals surface area contributed by atoms with Crippen molar-refractivity contribution in [1.29, 1.82) is 0 Å². The summed E-state index contributed by atoms with van der Waals surface area (Å²) in [5.74, 6) is 6.17. The molecule has 0 bridgehead atoms. The molecule has 1 N–H and O–H groups in total. The molecule has 0 aliphatic carbocycles. The summed E-state index contributed by atoms with van der Waals surface area (Å²) in [6.45, 7) is 4.29. The standard InChI is InChI=1S/C18H25N/c1-2-3-4-5-6-7-8-12-16-19-17-15-18-13-10-9-11-14-18/h6-7,9-11,13-14,19H,2-3,8,12,15-17H2,1H3/b7-6+. The van der Waals surface area contributed by atoms with Gasteiger partial charge in [0, 0.05) is 6.42 Å². The molecule has 0 aliphatic rings. The van der Waals surface area contributed by atoms with Crippen molar-refractivity contribution in [2.24, 2.45) is 0 Å². The Morgan fingerprint density at radius 1 is 1.16 bits per heavy atom. The summed E-state index contributed by atoms with van der Waals surface area (Å²) in [6.07, 6.45) is 9.71. The van der Waals surface area contributed by atoms with Gasteiger partial charge >= 0.3 is 0 Å². The first-order valence-electron chi connectivity index (χ1n) is 7.31. The second-order valence-electron chi connectivity index (χ2n) is 4.60. The fourth-order valence-corrected chi connectivity index (χ4v) is 1.75. The van der Waals surface area contributed by atoms with Crippen molar-refractivity contribution in [3.05, 3.63) is 48.0 Å². The summed E-state index contributed by atoms with van der Waals surface area (Å²) in [4.78, 5) is 0. The third kappa shape index (κ3) is 9.11. The van der Waals surface area contributed by atoms with Gasteiger partial charge in [-0.05, 0) is 50.4 Å². The van der Waals surface area contributed by atoms with Gasteiger partial charge in [-0.25, -0.2) is 0 Å². The van der Waals surface area contributed by atoms with E-state index >= 15 is 0 Å². The Kier molecular flexibility index (Phi) is 9.46. The van der Waals surface area contributed by atoms with Gasteiger partial charge in [0.2, 0.25) is 0 Å². The summed E-state index contributed by atoms with van der Waals surface area (Å²) < 4.78 is 0. The smallest absolute Gasteiger partial charge is 0.00896 e. The maximum atomic E-state index is 3.48. The van der Waals surface area contributed by atoms with Gasteiger partial charge in [0.15, 0.2) is 0 Å². The zero-order valence-corrected chi connectivity index (χ0v) is 12.0. The monoisotopic (exact) mass is 255 g/mol. The normalized spacial score (nSPS) is 10.4. The van der Waals surface area contributed by atoms with E-state index in [4.69, 9.17) is 0 Å². The molecule has 0 aliphatic heterocycles. The molecule has 19 heavy (non-hydrogen) atoms. The highest BCUT2D eigenvalue weighted by Crippen LogP contribution is 1.98. The lowest BCUT2D eigenvalue weighted by atomic mass is 10.1. The van der Waals surface area contributed by atoms with Crippen LogP contribution in [-0.4, -0.2) is 13.1 Å². The highest BCUT2D eigenvalue weighted by Gasteiger charge is 1.90. The number of hydrogen-bond acceptors (Lipinski definition) is 1. The molecule has 0 spiro atoms. The van der Waals surface area contributed by atoms with Crippen LogP contribution in [0.25, 0.3) is 0 Å². The molecule has 0 atom stereocenters. The molecule has 0 saturated heterocycles. The SMILES string of the molecule is CCCC#C/C=C/CCCNCCc1ccccc1. The highest BCUT2D eigenvalue weighted by molar-refractivity contribution is 5.15. The first kappa shape index (κ1) is 15.5. The second kappa shape index (κ2) is 11.6. The van der Waals surface area contributed by atoms with E-state index in [1.54, 1.807) is 0 Å². The van der Waals surface area contributed by atoms with Crippen molar-refractivity contribution in [3.8, 4) is 11.8 Å². The van der Waals surface area contributed by atoms with E-state index in [1.165, 1.54) is 12.0 Å². The Morgan fingerprint density at radius 2 is 2.00 bits per heavy atom. The molecule has 1 nitrogen and oxygen atoms in total. The molecular weight excluding hydrogens is 230 g/mol. The van der Waals surface area contributed by atoms with E-state index < -0.39 is 0 Å². The van der Waals surface area contributed by atoms with Crippen LogP contribution in [-0.2, 0) is 6.42 Å². The third-order valence-corrected chi connectivity index (χ3v) is 2.84. The topological polar surface area (TPSA) is 12.0 Å². The summed E-state index contributed by atoms with van der Waals surface area (Å²) in [5.41, 5.74) is 1.40. The predicted molar refractivity (Wildman–Crippen MR) is 84.1 cm³/mol. The van der Waals surface area contributed by atoms with Crippen LogP contribution in [0.3, 0.4) is 0 Å². The number of nitrogens with one attached hydrogen (secondary N) is 1. The van der Waals surface area contributed by atoms with Crippen LogP contribution < -0.4 is 5.32 Å². The highest BCUT2D eigenvalue weighted by atomic mass is 14.8. The van der Waals surface area contributed by atoms with Crippen LogP contribution in [0.2, 0.25) is 0 Å². The Labute approximate surface area is 118 Å². The van der Waals surface area contributed by atoms with Crippen LogP contribution in [0.5, 0.6) is 0 Å². The summed E-state index contributed by atoms with van der Waals surface area (Å²) in [5, 5.41) is 3.48. The lowest BCUT2D eigenvalue weighted by molar-refractivity contribution is 0.653. The fourth-order valence-electron chi connectivity index (χ4n) is 1.75. The van der Waals surface area contributed by atoms with Crippen molar-refractivity contribution < 1.29 is 0 Å². The average Bonchev–Trinajstić information content (AvgIpc) is 2.46. The largest absolute Gasteiger partial charge is 0.316 e. The zero-order valence-electron chi connectivity index (χ0n) is 12.0. The number of hydrogen-bond donors (Lipinski definition) is 1. The second-order valence-corrected chi connectivity index (χ2v) is 4.60. The van der Waals surface area contributed by atoms with Crippen LogP contribution in [0.1, 0.15) is 38.2 Å². The molecule has 1 heteroatoms. The molecule has 0 unspecified atom stereocenters. The molecule has 0 aromatic heterocycles. The molecule has 0 amide bonds. The first-order valence-corrected chi connectivity index (χ1v) is 7.31. The van der Waals surface area contributed by atoms with Crippen molar-refractivity contribution in [1.82, 2.24) is 5.32 Å². The minimum Gasteiger partial charge on any atom is -0.316 e. The van der Waals surface area contributed by atoms with E-state index in [0.717, 1.165) is 38.8 Å². The minimum absolute atomic E-state index is 1.01. The van der Waals surface area contributed by atoms with Crippen molar-refractivity contribution in [3.63, 3.8) is 0 Å². The Balaban J connectivity index is 1.93. The van der Waals surface area contributed by atoms with Gasteiger partial charge in [0.1, 0.15) is 0 Å². The third-order valence-electron chi connectivity index (χ3n) is 2.84. The van der Waals surface area contributed by atoms with Gasteiger partial charge < -0.3 is 5.32 Å². The molecule has 1 aromatic rings. The van der Waals surface area contributed by atoms with E-state index in [0.29, 0.717) is 0 Å². The molecule has 0 saturated carbocycles. The molecular formula is C18H25N. The molecule has 0 fully saturated rings. The molecule has 1 rings (SSSR count). The first-order chi connectivity index (χ1) is 9.43. The van der Waals surface area contributed by atoms with Crippen LogP contribution in [0.15, 0.2) is 42.5 Å². The van der Waals surface area contributed by atoms with Gasteiger partial charge in [-0.1, -0.05) is 55.2 Å². The Bertz CT molecular complexity index is 395.